The Morgan fingerprint density at radius 2 is 2.07 bits per heavy atom. The zero-order valence-corrected chi connectivity index (χ0v) is 17.0. The number of methoxy groups -OCH3 is 1. The van der Waals surface area contributed by atoms with E-state index in [0.29, 0.717) is 10.8 Å². The second kappa shape index (κ2) is 9.97. The summed E-state index contributed by atoms with van der Waals surface area (Å²) in [6.07, 6.45) is 3.61. The van der Waals surface area contributed by atoms with Crippen molar-refractivity contribution in [2.75, 3.05) is 39.0 Å². The number of nitrogens with zero attached hydrogens (tertiary/aromatic N) is 3. The zero-order valence-electron chi connectivity index (χ0n) is 15.4. The number of halogens is 1. The minimum atomic E-state index is 0.212. The number of benzene rings is 1. The summed E-state index contributed by atoms with van der Waals surface area (Å²) in [5.41, 5.74) is 2.23. The van der Waals surface area contributed by atoms with Gasteiger partial charge in [-0.25, -0.2) is 0 Å². The number of piperazine rings is 1. The highest BCUT2D eigenvalue weighted by molar-refractivity contribution is 7.99. The van der Waals surface area contributed by atoms with Crippen molar-refractivity contribution in [1.82, 2.24) is 14.8 Å². The van der Waals surface area contributed by atoms with Crippen molar-refractivity contribution in [2.24, 2.45) is 0 Å². The topological polar surface area (TPSA) is 45.7 Å². The van der Waals surface area contributed by atoms with Gasteiger partial charge in [-0.3, -0.25) is 14.7 Å². The van der Waals surface area contributed by atoms with Crippen LogP contribution in [0.3, 0.4) is 0 Å². The van der Waals surface area contributed by atoms with Crippen LogP contribution in [-0.2, 0) is 17.1 Å². The van der Waals surface area contributed by atoms with Crippen LogP contribution < -0.4 is 4.74 Å². The molecule has 144 valence electrons. The van der Waals surface area contributed by atoms with Crippen molar-refractivity contribution in [3.05, 3.63) is 58.9 Å². The molecule has 3 rings (SSSR count). The molecule has 27 heavy (non-hydrogen) atoms. The Bertz CT molecular complexity index is 752. The van der Waals surface area contributed by atoms with E-state index in [1.165, 1.54) is 0 Å². The van der Waals surface area contributed by atoms with Gasteiger partial charge >= 0.3 is 0 Å². The molecule has 0 atom stereocenters. The minimum absolute atomic E-state index is 0.212. The molecule has 1 aromatic carbocycles. The first kappa shape index (κ1) is 20.0. The van der Waals surface area contributed by atoms with Crippen molar-refractivity contribution >= 4 is 29.3 Å². The maximum atomic E-state index is 12.4. The largest absolute Gasteiger partial charge is 0.496 e. The molecule has 0 bridgehead atoms. The quantitative estimate of drug-likeness (QED) is 0.707. The van der Waals surface area contributed by atoms with Crippen molar-refractivity contribution < 1.29 is 9.53 Å². The summed E-state index contributed by atoms with van der Waals surface area (Å²) in [6, 6.07) is 9.65. The highest BCUT2D eigenvalue weighted by Crippen LogP contribution is 2.24. The van der Waals surface area contributed by atoms with Crippen molar-refractivity contribution in [2.45, 2.75) is 12.3 Å². The third-order valence-electron chi connectivity index (χ3n) is 4.58. The van der Waals surface area contributed by atoms with Crippen LogP contribution in [0.25, 0.3) is 0 Å². The van der Waals surface area contributed by atoms with Gasteiger partial charge in [0.15, 0.2) is 0 Å². The second-order valence-corrected chi connectivity index (χ2v) is 7.89. The van der Waals surface area contributed by atoms with Gasteiger partial charge in [-0.1, -0.05) is 17.7 Å². The number of hydrogen-bond donors (Lipinski definition) is 0. The summed E-state index contributed by atoms with van der Waals surface area (Å²) in [6.45, 7) is 4.01. The lowest BCUT2D eigenvalue weighted by Crippen LogP contribution is -2.48. The molecule has 1 amide bonds. The molecule has 0 spiro atoms. The van der Waals surface area contributed by atoms with E-state index in [0.717, 1.165) is 55.4 Å². The highest BCUT2D eigenvalue weighted by atomic mass is 35.5. The predicted molar refractivity (Wildman–Crippen MR) is 110 cm³/mol. The van der Waals surface area contributed by atoms with Crippen molar-refractivity contribution in [3.63, 3.8) is 0 Å². The van der Waals surface area contributed by atoms with Crippen molar-refractivity contribution in [1.29, 1.82) is 0 Å². The van der Waals surface area contributed by atoms with Crippen LogP contribution in [0.2, 0.25) is 5.02 Å². The van der Waals surface area contributed by atoms with Crippen LogP contribution in [0.15, 0.2) is 42.7 Å². The van der Waals surface area contributed by atoms with E-state index < -0.39 is 0 Å². The van der Waals surface area contributed by atoms with Gasteiger partial charge in [-0.05, 0) is 29.8 Å². The molecule has 0 radical (unpaired) electrons. The first-order valence-corrected chi connectivity index (χ1v) is 10.5. The number of carbonyl (C=O) groups is 1. The molecule has 0 saturated carbocycles. The van der Waals surface area contributed by atoms with Gasteiger partial charge in [0.1, 0.15) is 5.75 Å². The van der Waals surface area contributed by atoms with E-state index in [4.69, 9.17) is 16.3 Å². The number of rotatable bonds is 7. The number of aromatic nitrogens is 1. The fourth-order valence-corrected chi connectivity index (χ4v) is 4.16. The fraction of sp³-hybridized carbons (Fsp3) is 0.400. The molecular formula is C20H24ClN3O2S. The minimum Gasteiger partial charge on any atom is -0.496 e. The summed E-state index contributed by atoms with van der Waals surface area (Å²) < 4.78 is 5.42. The van der Waals surface area contributed by atoms with Crippen LogP contribution in [0.1, 0.15) is 11.1 Å². The first-order valence-electron chi connectivity index (χ1n) is 8.95. The lowest BCUT2D eigenvalue weighted by molar-refractivity contribution is -0.130. The summed E-state index contributed by atoms with van der Waals surface area (Å²) in [7, 11) is 1.67. The third-order valence-corrected chi connectivity index (χ3v) is 5.80. The van der Waals surface area contributed by atoms with Gasteiger partial charge in [0.25, 0.3) is 0 Å². The lowest BCUT2D eigenvalue weighted by atomic mass is 10.1. The van der Waals surface area contributed by atoms with Gasteiger partial charge in [0.2, 0.25) is 5.91 Å². The molecule has 1 saturated heterocycles. The third kappa shape index (κ3) is 5.86. The number of carbonyl (C=O) groups excluding carboxylic acids is 1. The first-order chi connectivity index (χ1) is 13.2. The lowest BCUT2D eigenvalue weighted by Gasteiger charge is -2.35. The standard InChI is InChI=1S/C20H24ClN3O2S/c1-26-19-5-4-18(21)11-17(19)13-23-7-9-24(10-8-23)20(25)15-27-14-16-3-2-6-22-12-16/h2-6,11-12H,7-10,13-15H2,1H3. The van der Waals surface area contributed by atoms with Crippen molar-refractivity contribution in [3.8, 4) is 5.75 Å². The number of amides is 1. The average molecular weight is 406 g/mol. The number of thioether (sulfide) groups is 1. The molecular weight excluding hydrogens is 382 g/mol. The summed E-state index contributed by atoms with van der Waals surface area (Å²) >= 11 is 7.76. The zero-order chi connectivity index (χ0) is 19.1. The van der Waals surface area contributed by atoms with Crippen LogP contribution in [0.5, 0.6) is 5.75 Å². The predicted octanol–water partition coefficient (Wildman–Crippen LogP) is 3.32. The Labute approximate surface area is 169 Å². The molecule has 0 aliphatic carbocycles. The fourth-order valence-electron chi connectivity index (χ4n) is 3.10. The number of hydrogen-bond acceptors (Lipinski definition) is 5. The van der Waals surface area contributed by atoms with Crippen LogP contribution >= 0.6 is 23.4 Å². The molecule has 7 heteroatoms. The van der Waals surface area contributed by atoms with E-state index in [2.05, 4.69) is 9.88 Å². The molecule has 2 heterocycles. The average Bonchev–Trinajstić information content (AvgIpc) is 2.69. The SMILES string of the molecule is COc1ccc(Cl)cc1CN1CCN(C(=O)CSCc2cccnc2)CC1. The van der Waals surface area contributed by atoms with E-state index in [-0.39, 0.29) is 5.91 Å². The monoisotopic (exact) mass is 405 g/mol. The molecule has 1 aliphatic rings. The molecule has 0 unspecified atom stereocenters. The Hall–Kier alpha value is -1.76. The van der Waals surface area contributed by atoms with Gasteiger partial charge in [-0.2, -0.15) is 0 Å². The number of ether oxygens (including phenoxy) is 1. The van der Waals surface area contributed by atoms with E-state index >= 15 is 0 Å². The Morgan fingerprint density at radius 3 is 2.78 bits per heavy atom. The van der Waals surface area contributed by atoms with Gasteiger partial charge in [0.05, 0.1) is 12.9 Å². The summed E-state index contributed by atoms with van der Waals surface area (Å²) in [5, 5.41) is 0.713. The van der Waals surface area contributed by atoms with E-state index in [1.807, 2.05) is 41.4 Å². The summed E-state index contributed by atoms with van der Waals surface area (Å²) in [4.78, 5) is 20.8. The molecule has 1 aromatic heterocycles. The Kier molecular flexibility index (Phi) is 7.38. The molecule has 0 N–H and O–H groups in total. The van der Waals surface area contributed by atoms with Crippen LogP contribution in [0, 0.1) is 0 Å². The normalized spacial score (nSPS) is 15.0. The smallest absolute Gasteiger partial charge is 0.232 e. The van der Waals surface area contributed by atoms with Gasteiger partial charge in [-0.15, -0.1) is 11.8 Å². The second-order valence-electron chi connectivity index (χ2n) is 6.47. The van der Waals surface area contributed by atoms with Gasteiger partial charge in [0, 0.05) is 61.5 Å². The Balaban J connectivity index is 1.43. The molecule has 5 nitrogen and oxygen atoms in total. The van der Waals surface area contributed by atoms with Crippen LogP contribution in [-0.4, -0.2) is 59.7 Å². The highest BCUT2D eigenvalue weighted by Gasteiger charge is 2.21. The van der Waals surface area contributed by atoms with E-state index in [1.54, 1.807) is 25.1 Å². The molecule has 1 fully saturated rings. The summed E-state index contributed by atoms with van der Waals surface area (Å²) in [5.74, 6) is 2.39. The van der Waals surface area contributed by atoms with Crippen LogP contribution in [0.4, 0.5) is 0 Å². The van der Waals surface area contributed by atoms with Gasteiger partial charge < -0.3 is 9.64 Å². The maximum Gasteiger partial charge on any atom is 0.232 e. The Morgan fingerprint density at radius 1 is 1.26 bits per heavy atom. The molecule has 1 aliphatic heterocycles. The number of pyridine rings is 1. The molecule has 2 aromatic rings. The maximum absolute atomic E-state index is 12.4. The van der Waals surface area contributed by atoms with E-state index in [9.17, 15) is 4.79 Å².